The maximum atomic E-state index is 5.89. The highest BCUT2D eigenvalue weighted by atomic mass is 35.5. The van der Waals surface area contributed by atoms with Gasteiger partial charge in [0.1, 0.15) is 0 Å². The molecule has 1 saturated carbocycles. The summed E-state index contributed by atoms with van der Waals surface area (Å²) < 4.78 is 0. The van der Waals surface area contributed by atoms with Gasteiger partial charge in [-0.1, -0.05) is 23.7 Å². The van der Waals surface area contributed by atoms with Crippen LogP contribution in [0.4, 0.5) is 0 Å². The largest absolute Gasteiger partial charge is 0.370 e. The third kappa shape index (κ3) is 3.14. The third-order valence-electron chi connectivity index (χ3n) is 2.59. The third-order valence-corrected chi connectivity index (χ3v) is 2.84. The number of hydrogen-bond acceptors (Lipinski definition) is 1. The van der Waals surface area contributed by atoms with Gasteiger partial charge in [0.25, 0.3) is 0 Å². The first-order chi connectivity index (χ1) is 7.65. The molecule has 0 bridgehead atoms. The lowest BCUT2D eigenvalue weighted by Gasteiger charge is -2.18. The zero-order valence-electron chi connectivity index (χ0n) is 9.36. The Morgan fingerprint density at radius 2 is 2.06 bits per heavy atom. The van der Waals surface area contributed by atoms with Gasteiger partial charge < -0.3 is 10.6 Å². The van der Waals surface area contributed by atoms with Gasteiger partial charge >= 0.3 is 0 Å². The van der Waals surface area contributed by atoms with Crippen LogP contribution < -0.4 is 5.73 Å². The number of halogens is 1. The Bertz CT molecular complexity index is 382. The van der Waals surface area contributed by atoms with Crippen LogP contribution in [0.3, 0.4) is 0 Å². The lowest BCUT2D eigenvalue weighted by atomic mass is 10.2. The molecule has 0 spiro atoms. The highest BCUT2D eigenvalue weighted by molar-refractivity contribution is 6.30. The van der Waals surface area contributed by atoms with Gasteiger partial charge in [0.05, 0.1) is 6.04 Å². The molecule has 0 saturated heterocycles. The Morgan fingerprint density at radius 1 is 1.44 bits per heavy atom. The van der Waals surface area contributed by atoms with E-state index < -0.39 is 0 Å². The van der Waals surface area contributed by atoms with Crippen molar-refractivity contribution in [2.75, 3.05) is 7.05 Å². The van der Waals surface area contributed by atoms with Gasteiger partial charge in [-0.3, -0.25) is 0 Å². The molecule has 16 heavy (non-hydrogen) atoms. The van der Waals surface area contributed by atoms with Crippen molar-refractivity contribution in [2.24, 2.45) is 10.7 Å². The Morgan fingerprint density at radius 3 is 2.62 bits per heavy atom. The minimum absolute atomic E-state index is 0.465. The van der Waals surface area contributed by atoms with E-state index in [2.05, 4.69) is 4.99 Å². The minimum atomic E-state index is 0.465. The van der Waals surface area contributed by atoms with E-state index in [4.69, 9.17) is 17.3 Å². The van der Waals surface area contributed by atoms with Gasteiger partial charge in [0.2, 0.25) is 0 Å². The van der Waals surface area contributed by atoms with Gasteiger partial charge in [0, 0.05) is 18.6 Å². The summed E-state index contributed by atoms with van der Waals surface area (Å²) in [5.74, 6) is 0.623. The molecule has 2 rings (SSSR count). The molecule has 1 fully saturated rings. The number of nitrogens with two attached hydrogens (primary N) is 1. The van der Waals surface area contributed by atoms with Gasteiger partial charge in [0.15, 0.2) is 5.96 Å². The number of nitrogens with zero attached hydrogens (tertiary/aromatic N) is 2. The van der Waals surface area contributed by atoms with Crippen molar-refractivity contribution in [2.45, 2.75) is 25.4 Å². The molecule has 2 N–H and O–H groups in total. The molecular formula is C12H16ClN3. The predicted octanol–water partition coefficient (Wildman–Crippen LogP) is 2.25. The Balaban J connectivity index is 1.95. The minimum Gasteiger partial charge on any atom is -0.370 e. The topological polar surface area (TPSA) is 41.6 Å². The fourth-order valence-electron chi connectivity index (χ4n) is 1.43. The van der Waals surface area contributed by atoms with Gasteiger partial charge in [-0.05, 0) is 30.5 Å². The summed E-state index contributed by atoms with van der Waals surface area (Å²) in [6, 6.07) is 8.25. The summed E-state index contributed by atoms with van der Waals surface area (Å²) in [4.78, 5) is 6.36. The Kier molecular flexibility index (Phi) is 3.34. The molecule has 1 aliphatic rings. The number of aliphatic imine (C=N–C) groups is 1. The van der Waals surface area contributed by atoms with Crippen LogP contribution in [-0.4, -0.2) is 23.9 Å². The molecule has 0 aliphatic heterocycles. The summed E-state index contributed by atoms with van der Waals surface area (Å²) in [5.41, 5.74) is 7.07. The van der Waals surface area contributed by atoms with E-state index in [1.165, 1.54) is 18.4 Å². The van der Waals surface area contributed by atoms with E-state index in [9.17, 15) is 0 Å². The standard InChI is InChI=1S/C12H16ClN3/c1-16(12(14)15-11-6-7-11)8-9-2-4-10(13)5-3-9/h2-5,11H,6-8H2,1H3,(H2,14,15). The van der Waals surface area contributed by atoms with E-state index in [-0.39, 0.29) is 0 Å². The molecule has 0 heterocycles. The fourth-order valence-corrected chi connectivity index (χ4v) is 1.56. The molecule has 0 radical (unpaired) electrons. The average Bonchev–Trinajstić information content (AvgIpc) is 3.05. The number of guanidine groups is 1. The predicted molar refractivity (Wildman–Crippen MR) is 67.6 cm³/mol. The molecule has 86 valence electrons. The fraction of sp³-hybridized carbons (Fsp3) is 0.417. The number of benzene rings is 1. The van der Waals surface area contributed by atoms with Gasteiger partial charge in [-0.25, -0.2) is 4.99 Å². The summed E-state index contributed by atoms with van der Waals surface area (Å²) in [5, 5.41) is 0.756. The maximum Gasteiger partial charge on any atom is 0.191 e. The van der Waals surface area contributed by atoms with E-state index in [1.807, 2.05) is 36.2 Å². The first-order valence-corrected chi connectivity index (χ1v) is 5.82. The SMILES string of the molecule is CN(Cc1ccc(Cl)cc1)C(N)=NC1CC1. The van der Waals surface area contributed by atoms with Gasteiger partial charge in [-0.2, -0.15) is 0 Å². The van der Waals surface area contributed by atoms with Crippen molar-refractivity contribution < 1.29 is 0 Å². The van der Waals surface area contributed by atoms with Crippen molar-refractivity contribution in [3.8, 4) is 0 Å². The first kappa shape index (κ1) is 11.3. The highest BCUT2D eigenvalue weighted by Gasteiger charge is 2.21. The van der Waals surface area contributed by atoms with Crippen LogP contribution in [0.15, 0.2) is 29.3 Å². The van der Waals surface area contributed by atoms with Crippen molar-refractivity contribution in [1.82, 2.24) is 4.90 Å². The summed E-state index contributed by atoms with van der Waals surface area (Å²) >= 11 is 5.83. The number of hydrogen-bond donors (Lipinski definition) is 1. The highest BCUT2D eigenvalue weighted by Crippen LogP contribution is 2.23. The smallest absolute Gasteiger partial charge is 0.191 e. The van der Waals surface area contributed by atoms with Gasteiger partial charge in [-0.15, -0.1) is 0 Å². The zero-order valence-corrected chi connectivity index (χ0v) is 10.1. The molecule has 0 amide bonds. The molecule has 1 aliphatic carbocycles. The molecule has 4 heteroatoms. The Hall–Kier alpha value is -1.22. The molecule has 0 unspecified atom stereocenters. The molecule has 3 nitrogen and oxygen atoms in total. The van der Waals surface area contributed by atoms with Crippen molar-refractivity contribution in [3.05, 3.63) is 34.9 Å². The molecule has 1 aromatic rings. The van der Waals surface area contributed by atoms with E-state index >= 15 is 0 Å². The molecular weight excluding hydrogens is 222 g/mol. The second kappa shape index (κ2) is 4.74. The van der Waals surface area contributed by atoms with E-state index in [0.717, 1.165) is 11.6 Å². The quantitative estimate of drug-likeness (QED) is 0.647. The maximum absolute atomic E-state index is 5.89. The monoisotopic (exact) mass is 237 g/mol. The van der Waals surface area contributed by atoms with Crippen LogP contribution in [0.5, 0.6) is 0 Å². The molecule has 0 aromatic heterocycles. The Labute approximate surface area is 101 Å². The number of rotatable bonds is 3. The van der Waals surface area contributed by atoms with Crippen molar-refractivity contribution >= 4 is 17.6 Å². The zero-order chi connectivity index (χ0) is 11.5. The first-order valence-electron chi connectivity index (χ1n) is 5.44. The van der Waals surface area contributed by atoms with Crippen molar-refractivity contribution in [3.63, 3.8) is 0 Å². The van der Waals surface area contributed by atoms with E-state index in [1.54, 1.807) is 0 Å². The lowest BCUT2D eigenvalue weighted by molar-refractivity contribution is 0.492. The van der Waals surface area contributed by atoms with Crippen LogP contribution in [0.2, 0.25) is 5.02 Å². The van der Waals surface area contributed by atoms with Crippen LogP contribution in [0, 0.1) is 0 Å². The summed E-state index contributed by atoms with van der Waals surface area (Å²) in [7, 11) is 1.95. The average molecular weight is 238 g/mol. The second-order valence-electron chi connectivity index (χ2n) is 4.20. The molecule has 0 atom stereocenters. The second-order valence-corrected chi connectivity index (χ2v) is 4.64. The van der Waals surface area contributed by atoms with Crippen LogP contribution in [0.1, 0.15) is 18.4 Å². The normalized spacial score (nSPS) is 16.2. The summed E-state index contributed by atoms with van der Waals surface area (Å²) in [6.07, 6.45) is 2.35. The molecule has 1 aromatic carbocycles. The lowest BCUT2D eigenvalue weighted by Crippen LogP contribution is -2.33. The summed E-state index contributed by atoms with van der Waals surface area (Å²) in [6.45, 7) is 0.763. The van der Waals surface area contributed by atoms with Crippen LogP contribution in [0.25, 0.3) is 0 Å². The van der Waals surface area contributed by atoms with E-state index in [0.29, 0.717) is 12.0 Å². The van der Waals surface area contributed by atoms with Crippen molar-refractivity contribution in [1.29, 1.82) is 0 Å². The van der Waals surface area contributed by atoms with Crippen LogP contribution >= 0.6 is 11.6 Å². The van der Waals surface area contributed by atoms with Crippen LogP contribution in [-0.2, 0) is 6.54 Å².